The predicted octanol–water partition coefficient (Wildman–Crippen LogP) is 2.30. The van der Waals surface area contributed by atoms with Crippen LogP contribution in [-0.4, -0.2) is 5.54 Å². The van der Waals surface area contributed by atoms with Gasteiger partial charge in [-0.05, 0) is 32.1 Å². The van der Waals surface area contributed by atoms with Crippen molar-refractivity contribution in [2.45, 2.75) is 51.5 Å². The zero-order valence-electron chi connectivity index (χ0n) is 7.19. The molecule has 0 aromatic heterocycles. The maximum atomic E-state index is 6.01. The first-order valence-electron chi connectivity index (χ1n) is 4.45. The molecular formula is C9H19N. The Morgan fingerprint density at radius 1 is 1.60 bits per heavy atom. The average molecular weight is 141 g/mol. The van der Waals surface area contributed by atoms with Crippen molar-refractivity contribution in [3.05, 3.63) is 0 Å². The Balaban J connectivity index is 2.17. The van der Waals surface area contributed by atoms with E-state index in [0.717, 1.165) is 5.92 Å². The SMILES string of the molecule is CCCCC1CCC1(C)N. The van der Waals surface area contributed by atoms with E-state index >= 15 is 0 Å². The van der Waals surface area contributed by atoms with Crippen LogP contribution in [0.25, 0.3) is 0 Å². The van der Waals surface area contributed by atoms with Crippen LogP contribution in [0.3, 0.4) is 0 Å². The molecule has 10 heavy (non-hydrogen) atoms. The van der Waals surface area contributed by atoms with Crippen molar-refractivity contribution in [3.8, 4) is 0 Å². The number of hydrogen-bond donors (Lipinski definition) is 1. The lowest BCUT2D eigenvalue weighted by molar-refractivity contribution is 0.134. The summed E-state index contributed by atoms with van der Waals surface area (Å²) >= 11 is 0. The van der Waals surface area contributed by atoms with Crippen LogP contribution in [-0.2, 0) is 0 Å². The molecule has 1 nitrogen and oxygen atoms in total. The Morgan fingerprint density at radius 2 is 2.30 bits per heavy atom. The molecule has 1 aliphatic rings. The summed E-state index contributed by atoms with van der Waals surface area (Å²) in [5.74, 6) is 0.826. The van der Waals surface area contributed by atoms with Gasteiger partial charge in [0.15, 0.2) is 0 Å². The van der Waals surface area contributed by atoms with E-state index in [4.69, 9.17) is 5.73 Å². The normalized spacial score (nSPS) is 39.3. The van der Waals surface area contributed by atoms with Gasteiger partial charge < -0.3 is 5.73 Å². The Morgan fingerprint density at radius 3 is 2.60 bits per heavy atom. The molecule has 1 heteroatoms. The quantitative estimate of drug-likeness (QED) is 0.641. The van der Waals surface area contributed by atoms with Crippen molar-refractivity contribution >= 4 is 0 Å². The fourth-order valence-electron chi connectivity index (χ4n) is 1.73. The van der Waals surface area contributed by atoms with Crippen molar-refractivity contribution in [2.24, 2.45) is 11.7 Å². The predicted molar refractivity (Wildman–Crippen MR) is 44.8 cm³/mol. The zero-order chi connectivity index (χ0) is 7.61. The fourth-order valence-corrected chi connectivity index (χ4v) is 1.73. The summed E-state index contributed by atoms with van der Waals surface area (Å²) in [6, 6.07) is 0. The van der Waals surface area contributed by atoms with Crippen LogP contribution in [0.15, 0.2) is 0 Å². The molecule has 1 aliphatic carbocycles. The molecule has 2 unspecified atom stereocenters. The summed E-state index contributed by atoms with van der Waals surface area (Å²) in [6.07, 6.45) is 6.63. The molecule has 0 radical (unpaired) electrons. The Labute approximate surface area is 64.0 Å². The summed E-state index contributed by atoms with van der Waals surface area (Å²) in [6.45, 7) is 4.43. The summed E-state index contributed by atoms with van der Waals surface area (Å²) in [5.41, 5.74) is 6.20. The average Bonchev–Trinajstić information content (AvgIpc) is 1.87. The Kier molecular flexibility index (Phi) is 2.35. The van der Waals surface area contributed by atoms with Gasteiger partial charge in [-0.2, -0.15) is 0 Å². The zero-order valence-corrected chi connectivity index (χ0v) is 7.19. The standard InChI is InChI=1S/C9H19N/c1-3-4-5-8-6-7-9(8,2)10/h8H,3-7,10H2,1-2H3. The number of hydrogen-bond acceptors (Lipinski definition) is 1. The summed E-state index contributed by atoms with van der Waals surface area (Å²) in [7, 11) is 0. The van der Waals surface area contributed by atoms with Gasteiger partial charge in [-0.1, -0.05) is 19.8 Å². The second-order valence-electron chi connectivity index (χ2n) is 3.88. The highest BCUT2D eigenvalue weighted by atomic mass is 14.8. The molecule has 1 saturated carbocycles. The molecule has 1 fully saturated rings. The van der Waals surface area contributed by atoms with E-state index in [1.54, 1.807) is 0 Å². The van der Waals surface area contributed by atoms with Gasteiger partial charge in [0, 0.05) is 5.54 Å². The molecule has 60 valence electrons. The highest BCUT2D eigenvalue weighted by Crippen LogP contribution is 2.39. The van der Waals surface area contributed by atoms with Gasteiger partial charge in [0.2, 0.25) is 0 Å². The molecule has 0 saturated heterocycles. The van der Waals surface area contributed by atoms with E-state index in [0.29, 0.717) is 0 Å². The third-order valence-corrected chi connectivity index (χ3v) is 2.87. The Bertz CT molecular complexity index is 107. The van der Waals surface area contributed by atoms with Crippen molar-refractivity contribution in [1.29, 1.82) is 0 Å². The number of nitrogens with two attached hydrogens (primary N) is 1. The van der Waals surface area contributed by atoms with Crippen molar-refractivity contribution < 1.29 is 0 Å². The van der Waals surface area contributed by atoms with E-state index in [2.05, 4.69) is 13.8 Å². The van der Waals surface area contributed by atoms with Crippen LogP contribution in [0.1, 0.15) is 46.0 Å². The van der Waals surface area contributed by atoms with Crippen molar-refractivity contribution in [2.75, 3.05) is 0 Å². The molecule has 0 aromatic carbocycles. The van der Waals surface area contributed by atoms with Gasteiger partial charge in [-0.3, -0.25) is 0 Å². The minimum atomic E-state index is 0.190. The van der Waals surface area contributed by atoms with Gasteiger partial charge in [-0.25, -0.2) is 0 Å². The smallest absolute Gasteiger partial charge is 0.0154 e. The molecule has 0 spiro atoms. The molecule has 1 rings (SSSR count). The van der Waals surface area contributed by atoms with Crippen molar-refractivity contribution in [1.82, 2.24) is 0 Å². The maximum absolute atomic E-state index is 6.01. The number of unbranched alkanes of at least 4 members (excludes halogenated alkanes) is 1. The third-order valence-electron chi connectivity index (χ3n) is 2.87. The molecule has 0 aliphatic heterocycles. The third kappa shape index (κ3) is 1.51. The Hall–Kier alpha value is -0.0400. The van der Waals surface area contributed by atoms with E-state index in [9.17, 15) is 0 Å². The first-order chi connectivity index (χ1) is 4.67. The van der Waals surface area contributed by atoms with Gasteiger partial charge in [0.1, 0.15) is 0 Å². The van der Waals surface area contributed by atoms with Crippen LogP contribution in [0.4, 0.5) is 0 Å². The fraction of sp³-hybridized carbons (Fsp3) is 1.00. The van der Waals surface area contributed by atoms with Crippen LogP contribution in [0.5, 0.6) is 0 Å². The summed E-state index contributed by atoms with van der Waals surface area (Å²) in [4.78, 5) is 0. The van der Waals surface area contributed by atoms with E-state index in [1.165, 1.54) is 32.1 Å². The summed E-state index contributed by atoms with van der Waals surface area (Å²) < 4.78 is 0. The molecule has 0 bridgehead atoms. The van der Waals surface area contributed by atoms with Crippen LogP contribution >= 0.6 is 0 Å². The van der Waals surface area contributed by atoms with E-state index in [-0.39, 0.29) is 5.54 Å². The van der Waals surface area contributed by atoms with Gasteiger partial charge >= 0.3 is 0 Å². The number of rotatable bonds is 3. The topological polar surface area (TPSA) is 26.0 Å². The van der Waals surface area contributed by atoms with E-state index < -0.39 is 0 Å². The van der Waals surface area contributed by atoms with Gasteiger partial charge in [0.05, 0.1) is 0 Å². The second-order valence-corrected chi connectivity index (χ2v) is 3.88. The van der Waals surface area contributed by atoms with E-state index in [1.807, 2.05) is 0 Å². The van der Waals surface area contributed by atoms with Crippen molar-refractivity contribution in [3.63, 3.8) is 0 Å². The first-order valence-corrected chi connectivity index (χ1v) is 4.45. The minimum Gasteiger partial charge on any atom is -0.325 e. The second kappa shape index (κ2) is 2.91. The van der Waals surface area contributed by atoms with Crippen LogP contribution < -0.4 is 5.73 Å². The molecule has 2 N–H and O–H groups in total. The highest BCUT2D eigenvalue weighted by molar-refractivity contribution is 4.96. The highest BCUT2D eigenvalue weighted by Gasteiger charge is 2.37. The van der Waals surface area contributed by atoms with Gasteiger partial charge in [-0.15, -0.1) is 0 Å². The maximum Gasteiger partial charge on any atom is 0.0154 e. The molecule has 0 heterocycles. The van der Waals surface area contributed by atoms with Crippen LogP contribution in [0.2, 0.25) is 0 Å². The summed E-state index contributed by atoms with van der Waals surface area (Å²) in [5, 5.41) is 0. The molecule has 0 aromatic rings. The van der Waals surface area contributed by atoms with Gasteiger partial charge in [0.25, 0.3) is 0 Å². The molecular weight excluding hydrogens is 122 g/mol. The molecule has 0 amide bonds. The molecule has 2 atom stereocenters. The minimum absolute atomic E-state index is 0.190. The largest absolute Gasteiger partial charge is 0.325 e. The lowest BCUT2D eigenvalue weighted by Gasteiger charge is -2.44. The van der Waals surface area contributed by atoms with Crippen LogP contribution in [0, 0.1) is 5.92 Å². The lowest BCUT2D eigenvalue weighted by Crippen LogP contribution is -2.52. The lowest BCUT2D eigenvalue weighted by atomic mass is 9.66. The monoisotopic (exact) mass is 141 g/mol. The first kappa shape index (κ1) is 8.06.